The molecule has 5 rings (SSSR count). The van der Waals surface area contributed by atoms with Gasteiger partial charge < -0.3 is 19.7 Å². The largest absolute Gasteiger partial charge is 0.507 e. The molecule has 2 aliphatic rings. The normalized spacial score (nSPS) is 26.3. The zero-order chi connectivity index (χ0) is 19.1. The fourth-order valence-corrected chi connectivity index (χ4v) is 3.96. The minimum atomic E-state index is -1.08. The van der Waals surface area contributed by atoms with Gasteiger partial charge in [-0.3, -0.25) is 0 Å². The van der Waals surface area contributed by atoms with Gasteiger partial charge in [0.1, 0.15) is 17.5 Å². The van der Waals surface area contributed by atoms with Crippen molar-refractivity contribution in [2.24, 2.45) is 0 Å². The van der Waals surface area contributed by atoms with E-state index in [-0.39, 0.29) is 17.8 Å². The Morgan fingerprint density at radius 1 is 1.25 bits per heavy atom. The van der Waals surface area contributed by atoms with Gasteiger partial charge in [-0.2, -0.15) is 0 Å². The van der Waals surface area contributed by atoms with Crippen LogP contribution in [0.4, 0.5) is 4.39 Å². The predicted molar refractivity (Wildman–Crippen MR) is 97.9 cm³/mol. The van der Waals surface area contributed by atoms with Crippen molar-refractivity contribution in [3.8, 4) is 28.7 Å². The molecule has 1 aromatic carbocycles. The van der Waals surface area contributed by atoms with Crippen LogP contribution in [-0.2, 0) is 0 Å². The summed E-state index contributed by atoms with van der Waals surface area (Å²) in [5.41, 5.74) is 1.68. The molecule has 2 N–H and O–H groups in total. The van der Waals surface area contributed by atoms with E-state index in [1.54, 1.807) is 35.4 Å². The van der Waals surface area contributed by atoms with Crippen molar-refractivity contribution in [2.75, 3.05) is 0 Å². The molecule has 0 aliphatic carbocycles. The number of ether oxygens (including phenoxy) is 1. The Labute approximate surface area is 160 Å². The summed E-state index contributed by atoms with van der Waals surface area (Å²) in [6, 6.07) is 5.37. The molecule has 144 valence electrons. The fourth-order valence-electron chi connectivity index (χ4n) is 3.96. The van der Waals surface area contributed by atoms with E-state index in [0.717, 1.165) is 18.5 Å². The van der Waals surface area contributed by atoms with E-state index in [0.29, 0.717) is 23.7 Å². The maximum absolute atomic E-state index is 14.5. The highest BCUT2D eigenvalue weighted by molar-refractivity contribution is 5.67. The number of piperidine rings is 1. The molecule has 2 aromatic heterocycles. The Kier molecular flexibility index (Phi) is 4.16. The van der Waals surface area contributed by atoms with Crippen molar-refractivity contribution in [1.29, 1.82) is 0 Å². The molecule has 0 spiro atoms. The van der Waals surface area contributed by atoms with Crippen LogP contribution < -0.4 is 10.1 Å². The first-order chi connectivity index (χ1) is 13.7. The lowest BCUT2D eigenvalue weighted by Crippen LogP contribution is -2.51. The van der Waals surface area contributed by atoms with Crippen molar-refractivity contribution in [2.45, 2.75) is 43.6 Å². The smallest absolute Gasteiger partial charge is 0.336 e. The molecule has 2 aliphatic heterocycles. The van der Waals surface area contributed by atoms with Crippen LogP contribution in [0.2, 0.25) is 0 Å². The van der Waals surface area contributed by atoms with Gasteiger partial charge in [0, 0.05) is 42.5 Å². The quantitative estimate of drug-likeness (QED) is 0.712. The second kappa shape index (κ2) is 6.83. The van der Waals surface area contributed by atoms with Gasteiger partial charge in [0.05, 0.1) is 18.2 Å². The molecule has 28 heavy (non-hydrogen) atoms. The second-order valence-corrected chi connectivity index (χ2v) is 7.18. The maximum atomic E-state index is 14.5. The van der Waals surface area contributed by atoms with Crippen molar-refractivity contribution >= 4 is 0 Å². The topological polar surface area (TPSA) is 98.0 Å². The van der Waals surface area contributed by atoms with Crippen molar-refractivity contribution in [3.05, 3.63) is 43.1 Å². The molecule has 3 aromatic rings. The third kappa shape index (κ3) is 3.07. The minimum absolute atomic E-state index is 0.0484. The van der Waals surface area contributed by atoms with Gasteiger partial charge in [-0.25, -0.2) is 14.4 Å². The highest BCUT2D eigenvalue weighted by Crippen LogP contribution is 2.32. The number of alkyl halides is 1. The Balaban J connectivity index is 1.32. The lowest BCUT2D eigenvalue weighted by atomic mass is 10.0. The summed E-state index contributed by atoms with van der Waals surface area (Å²) in [7, 11) is 0. The van der Waals surface area contributed by atoms with E-state index in [2.05, 4.69) is 25.5 Å². The van der Waals surface area contributed by atoms with Gasteiger partial charge in [0.15, 0.2) is 6.17 Å². The number of phenols is 1. The third-order valence-electron chi connectivity index (χ3n) is 5.39. The van der Waals surface area contributed by atoms with Crippen LogP contribution in [0.3, 0.4) is 0 Å². The highest BCUT2D eigenvalue weighted by Gasteiger charge is 2.43. The van der Waals surface area contributed by atoms with Gasteiger partial charge in [0.25, 0.3) is 0 Å². The van der Waals surface area contributed by atoms with Crippen molar-refractivity contribution in [1.82, 2.24) is 30.0 Å². The average molecular weight is 382 g/mol. The van der Waals surface area contributed by atoms with Gasteiger partial charge in [-0.1, -0.05) is 5.10 Å². The zero-order valence-corrected chi connectivity index (χ0v) is 14.9. The first kappa shape index (κ1) is 17.1. The van der Waals surface area contributed by atoms with Crippen molar-refractivity contribution < 1.29 is 14.2 Å². The first-order valence-corrected chi connectivity index (χ1v) is 9.25. The summed E-state index contributed by atoms with van der Waals surface area (Å²) in [5, 5.41) is 21.7. The summed E-state index contributed by atoms with van der Waals surface area (Å²) >= 11 is 0. The Hall–Kier alpha value is -3.07. The van der Waals surface area contributed by atoms with E-state index < -0.39 is 12.3 Å². The summed E-state index contributed by atoms with van der Waals surface area (Å²) < 4.78 is 21.9. The standard InChI is InChI=1S/C19H19FN6O2/c20-18-14-4-1-11(23-14)7-17(18)28-19-22-9-15(24-25-19)13-3-2-12(8-16(13)27)26-6-5-21-10-26/h2-3,5-6,8-11,14,17-18,23,27H,1,4,7H2/t11?,14-,17+,18-/m0/s1. The minimum Gasteiger partial charge on any atom is -0.507 e. The SMILES string of the molecule is Oc1cc(-n2ccnc2)ccc1-c1cnc(O[C@@H]2CC3CC[C@H](N3)[C@@H]2F)nn1. The summed E-state index contributed by atoms with van der Waals surface area (Å²) in [6.45, 7) is 0. The van der Waals surface area contributed by atoms with Crippen LogP contribution in [0.15, 0.2) is 43.1 Å². The molecule has 2 fully saturated rings. The summed E-state index contributed by atoms with van der Waals surface area (Å²) in [5.74, 6) is 0.0507. The number of hydrogen-bond acceptors (Lipinski definition) is 7. The predicted octanol–water partition coefficient (Wildman–Crippen LogP) is 2.04. The molecule has 8 nitrogen and oxygen atoms in total. The lowest BCUT2D eigenvalue weighted by molar-refractivity contribution is 0.0386. The van der Waals surface area contributed by atoms with Crippen LogP contribution >= 0.6 is 0 Å². The number of nitrogens with zero attached hydrogens (tertiary/aromatic N) is 5. The third-order valence-corrected chi connectivity index (χ3v) is 5.39. The number of aromatic nitrogens is 5. The van der Waals surface area contributed by atoms with E-state index in [1.807, 2.05) is 6.07 Å². The number of nitrogens with one attached hydrogen (secondary N) is 1. The van der Waals surface area contributed by atoms with E-state index in [4.69, 9.17) is 4.74 Å². The number of phenolic OH excluding ortho intramolecular Hbond substituents is 1. The molecule has 0 amide bonds. The Morgan fingerprint density at radius 2 is 2.18 bits per heavy atom. The van der Waals surface area contributed by atoms with E-state index in [1.165, 1.54) is 6.20 Å². The van der Waals surface area contributed by atoms with Crippen LogP contribution in [0, 0.1) is 0 Å². The maximum Gasteiger partial charge on any atom is 0.336 e. The molecule has 4 heterocycles. The number of halogens is 1. The van der Waals surface area contributed by atoms with E-state index in [9.17, 15) is 9.50 Å². The van der Waals surface area contributed by atoms with Gasteiger partial charge >= 0.3 is 6.01 Å². The molecular formula is C19H19FN6O2. The molecule has 2 bridgehead atoms. The van der Waals surface area contributed by atoms with Crippen molar-refractivity contribution in [3.63, 3.8) is 0 Å². The molecule has 9 heteroatoms. The number of hydrogen-bond donors (Lipinski definition) is 2. The number of benzene rings is 1. The zero-order valence-electron chi connectivity index (χ0n) is 14.9. The monoisotopic (exact) mass is 382 g/mol. The number of rotatable bonds is 4. The number of fused-ring (bicyclic) bond motifs is 2. The molecule has 2 saturated heterocycles. The van der Waals surface area contributed by atoms with Crippen LogP contribution in [0.1, 0.15) is 19.3 Å². The van der Waals surface area contributed by atoms with Gasteiger partial charge in [-0.15, -0.1) is 5.10 Å². The lowest BCUT2D eigenvalue weighted by Gasteiger charge is -2.31. The molecule has 0 radical (unpaired) electrons. The Morgan fingerprint density at radius 3 is 2.93 bits per heavy atom. The fraction of sp³-hybridized carbons (Fsp3) is 0.368. The van der Waals surface area contributed by atoms with Gasteiger partial charge in [-0.05, 0) is 25.0 Å². The molecule has 4 atom stereocenters. The van der Waals surface area contributed by atoms with E-state index >= 15 is 0 Å². The average Bonchev–Trinajstić information content (AvgIpc) is 3.37. The number of imidazole rings is 1. The summed E-state index contributed by atoms with van der Waals surface area (Å²) in [6.07, 6.45) is 7.32. The van der Waals surface area contributed by atoms with Gasteiger partial charge in [0.2, 0.25) is 0 Å². The Bertz CT molecular complexity index is 965. The molecular weight excluding hydrogens is 363 g/mol. The molecule has 1 unspecified atom stereocenters. The second-order valence-electron chi connectivity index (χ2n) is 7.18. The molecule has 0 saturated carbocycles. The van der Waals surface area contributed by atoms with Crippen LogP contribution in [0.25, 0.3) is 16.9 Å². The highest BCUT2D eigenvalue weighted by atomic mass is 19.1. The first-order valence-electron chi connectivity index (χ1n) is 9.25. The van der Waals surface area contributed by atoms with Crippen LogP contribution in [-0.4, -0.2) is 54.2 Å². The van der Waals surface area contributed by atoms with Crippen LogP contribution in [0.5, 0.6) is 11.8 Å². The number of aromatic hydroxyl groups is 1. The summed E-state index contributed by atoms with van der Waals surface area (Å²) in [4.78, 5) is 8.15.